The van der Waals surface area contributed by atoms with Crippen molar-refractivity contribution >= 4 is 11.8 Å². The predicted octanol–water partition coefficient (Wildman–Crippen LogP) is 1.94. The maximum atomic E-state index is 11.9. The average molecular weight is 254 g/mol. The van der Waals surface area contributed by atoms with Crippen molar-refractivity contribution < 1.29 is 9.59 Å². The highest BCUT2D eigenvalue weighted by molar-refractivity contribution is 5.94. The van der Waals surface area contributed by atoms with Crippen molar-refractivity contribution in [1.82, 2.24) is 10.2 Å². The average Bonchev–Trinajstić information content (AvgIpc) is 2.26. The third-order valence-electron chi connectivity index (χ3n) is 3.30. The maximum Gasteiger partial charge on any atom is 0.243 e. The standard InChI is InChI=1S/C14H26N2O2/c1-5-7-11-13(18)15-10-12(17)16(11)9-6-8-14(2,3)4/h11H,5-10H2,1-4H3,(H,15,18). The Balaban J connectivity index is 2.57. The van der Waals surface area contributed by atoms with Crippen LogP contribution >= 0.6 is 0 Å². The van der Waals surface area contributed by atoms with Crippen LogP contribution in [0.5, 0.6) is 0 Å². The van der Waals surface area contributed by atoms with Crippen molar-refractivity contribution in [3.8, 4) is 0 Å². The molecule has 0 aromatic heterocycles. The molecule has 1 rings (SSSR count). The molecule has 1 atom stereocenters. The van der Waals surface area contributed by atoms with E-state index in [2.05, 4.69) is 26.1 Å². The fourth-order valence-corrected chi connectivity index (χ4v) is 2.32. The summed E-state index contributed by atoms with van der Waals surface area (Å²) in [5, 5.41) is 2.67. The van der Waals surface area contributed by atoms with Crippen LogP contribution in [-0.2, 0) is 9.59 Å². The van der Waals surface area contributed by atoms with Gasteiger partial charge in [-0.3, -0.25) is 9.59 Å². The number of nitrogens with zero attached hydrogens (tertiary/aromatic N) is 1. The Bertz CT molecular complexity index is 307. The smallest absolute Gasteiger partial charge is 0.243 e. The number of nitrogens with one attached hydrogen (secondary N) is 1. The van der Waals surface area contributed by atoms with Crippen molar-refractivity contribution in [2.24, 2.45) is 5.41 Å². The van der Waals surface area contributed by atoms with Crippen LogP contribution in [0.15, 0.2) is 0 Å². The lowest BCUT2D eigenvalue weighted by molar-refractivity contribution is -0.146. The van der Waals surface area contributed by atoms with Crippen LogP contribution < -0.4 is 5.32 Å². The van der Waals surface area contributed by atoms with Gasteiger partial charge >= 0.3 is 0 Å². The molecule has 1 N–H and O–H groups in total. The summed E-state index contributed by atoms with van der Waals surface area (Å²) in [4.78, 5) is 25.5. The third kappa shape index (κ3) is 4.31. The second kappa shape index (κ2) is 6.21. The van der Waals surface area contributed by atoms with Gasteiger partial charge in [-0.1, -0.05) is 34.1 Å². The molecule has 18 heavy (non-hydrogen) atoms. The lowest BCUT2D eigenvalue weighted by Gasteiger charge is -2.35. The third-order valence-corrected chi connectivity index (χ3v) is 3.30. The van der Waals surface area contributed by atoms with Gasteiger partial charge in [-0.05, 0) is 24.7 Å². The Kier molecular flexibility index (Phi) is 5.17. The van der Waals surface area contributed by atoms with Gasteiger partial charge in [0.1, 0.15) is 6.04 Å². The molecule has 2 amide bonds. The van der Waals surface area contributed by atoms with Gasteiger partial charge in [0, 0.05) is 6.54 Å². The number of amides is 2. The topological polar surface area (TPSA) is 49.4 Å². The highest BCUT2D eigenvalue weighted by Gasteiger charge is 2.33. The predicted molar refractivity (Wildman–Crippen MR) is 72.1 cm³/mol. The van der Waals surface area contributed by atoms with Crippen molar-refractivity contribution in [2.45, 2.75) is 59.4 Å². The van der Waals surface area contributed by atoms with Crippen molar-refractivity contribution in [2.75, 3.05) is 13.1 Å². The summed E-state index contributed by atoms with van der Waals surface area (Å²) in [7, 11) is 0. The molecule has 1 fully saturated rings. The van der Waals surface area contributed by atoms with E-state index in [1.54, 1.807) is 4.90 Å². The van der Waals surface area contributed by atoms with Crippen molar-refractivity contribution in [3.63, 3.8) is 0 Å². The Morgan fingerprint density at radius 3 is 2.56 bits per heavy atom. The van der Waals surface area contributed by atoms with E-state index >= 15 is 0 Å². The Labute approximate surface area is 110 Å². The molecule has 0 aliphatic carbocycles. The fraction of sp³-hybridized carbons (Fsp3) is 0.857. The molecule has 4 nitrogen and oxygen atoms in total. The summed E-state index contributed by atoms with van der Waals surface area (Å²) < 4.78 is 0. The van der Waals surface area contributed by atoms with Crippen molar-refractivity contribution in [3.05, 3.63) is 0 Å². The Morgan fingerprint density at radius 2 is 2.00 bits per heavy atom. The van der Waals surface area contributed by atoms with Crippen LogP contribution in [0.25, 0.3) is 0 Å². The van der Waals surface area contributed by atoms with Gasteiger partial charge in [0.05, 0.1) is 6.54 Å². The van der Waals surface area contributed by atoms with Crippen LogP contribution in [0, 0.1) is 5.41 Å². The molecule has 0 aromatic rings. The molecule has 0 spiro atoms. The maximum absolute atomic E-state index is 11.9. The summed E-state index contributed by atoms with van der Waals surface area (Å²) in [6.07, 6.45) is 3.70. The summed E-state index contributed by atoms with van der Waals surface area (Å²) in [5.74, 6) is 0.0640. The largest absolute Gasteiger partial charge is 0.345 e. The number of carbonyl (C=O) groups excluding carboxylic acids is 2. The van der Waals surface area contributed by atoms with E-state index < -0.39 is 0 Å². The van der Waals surface area contributed by atoms with Crippen LogP contribution in [0.1, 0.15) is 53.4 Å². The van der Waals surface area contributed by atoms with E-state index in [4.69, 9.17) is 0 Å². The van der Waals surface area contributed by atoms with E-state index in [-0.39, 0.29) is 29.8 Å². The summed E-state index contributed by atoms with van der Waals surface area (Å²) in [6, 6.07) is -0.254. The molecular weight excluding hydrogens is 228 g/mol. The van der Waals surface area contributed by atoms with E-state index in [0.717, 1.165) is 25.7 Å². The first-order chi connectivity index (χ1) is 8.35. The minimum absolute atomic E-state index is 0.00667. The summed E-state index contributed by atoms with van der Waals surface area (Å²) in [6.45, 7) is 9.49. The molecule has 1 heterocycles. The van der Waals surface area contributed by atoms with E-state index in [9.17, 15) is 9.59 Å². The quantitative estimate of drug-likeness (QED) is 0.815. The minimum Gasteiger partial charge on any atom is -0.345 e. The molecule has 1 aliphatic heterocycles. The summed E-state index contributed by atoms with van der Waals surface area (Å²) in [5.41, 5.74) is 0.279. The SMILES string of the molecule is CCCC1C(=O)NCC(=O)N1CCCC(C)(C)C. The van der Waals surface area contributed by atoms with Gasteiger partial charge < -0.3 is 10.2 Å². The van der Waals surface area contributed by atoms with Crippen molar-refractivity contribution in [1.29, 1.82) is 0 Å². The fourth-order valence-electron chi connectivity index (χ4n) is 2.32. The highest BCUT2D eigenvalue weighted by atomic mass is 16.2. The van der Waals surface area contributed by atoms with Crippen LogP contribution in [0.3, 0.4) is 0 Å². The molecule has 0 aromatic carbocycles. The van der Waals surface area contributed by atoms with E-state index in [1.807, 2.05) is 6.92 Å². The van der Waals surface area contributed by atoms with E-state index in [1.165, 1.54) is 0 Å². The lowest BCUT2D eigenvalue weighted by atomic mass is 9.90. The lowest BCUT2D eigenvalue weighted by Crippen LogP contribution is -2.58. The van der Waals surface area contributed by atoms with Crippen LogP contribution in [-0.4, -0.2) is 35.8 Å². The van der Waals surface area contributed by atoms with Gasteiger partial charge in [-0.2, -0.15) is 0 Å². The van der Waals surface area contributed by atoms with Gasteiger partial charge in [-0.25, -0.2) is 0 Å². The molecule has 1 saturated heterocycles. The second-order valence-electron chi connectivity index (χ2n) is 6.27. The van der Waals surface area contributed by atoms with Gasteiger partial charge in [0.2, 0.25) is 11.8 Å². The molecule has 1 unspecified atom stereocenters. The van der Waals surface area contributed by atoms with Crippen LogP contribution in [0.2, 0.25) is 0 Å². The minimum atomic E-state index is -0.254. The number of hydrogen-bond donors (Lipinski definition) is 1. The Morgan fingerprint density at radius 1 is 1.33 bits per heavy atom. The highest BCUT2D eigenvalue weighted by Crippen LogP contribution is 2.22. The number of hydrogen-bond acceptors (Lipinski definition) is 2. The zero-order valence-electron chi connectivity index (χ0n) is 12.1. The van der Waals surface area contributed by atoms with Crippen LogP contribution in [0.4, 0.5) is 0 Å². The zero-order valence-corrected chi connectivity index (χ0v) is 12.1. The van der Waals surface area contributed by atoms with E-state index in [0.29, 0.717) is 6.54 Å². The first kappa shape index (κ1) is 15.0. The zero-order chi connectivity index (χ0) is 13.8. The normalized spacial score (nSPS) is 21.1. The molecule has 1 aliphatic rings. The number of piperazine rings is 1. The second-order valence-corrected chi connectivity index (χ2v) is 6.27. The molecule has 0 saturated carbocycles. The van der Waals surface area contributed by atoms with Gasteiger partial charge in [0.25, 0.3) is 0 Å². The molecule has 104 valence electrons. The molecular formula is C14H26N2O2. The van der Waals surface area contributed by atoms with Gasteiger partial charge in [-0.15, -0.1) is 0 Å². The first-order valence-corrected chi connectivity index (χ1v) is 6.92. The molecule has 0 radical (unpaired) electrons. The van der Waals surface area contributed by atoms with Gasteiger partial charge in [0.15, 0.2) is 0 Å². The molecule has 0 bridgehead atoms. The summed E-state index contributed by atoms with van der Waals surface area (Å²) >= 11 is 0. The Hall–Kier alpha value is -1.06. The number of rotatable bonds is 5. The number of carbonyl (C=O) groups is 2. The first-order valence-electron chi connectivity index (χ1n) is 6.92. The molecule has 4 heteroatoms. The monoisotopic (exact) mass is 254 g/mol.